The van der Waals surface area contributed by atoms with Crippen LogP contribution in [0.4, 0.5) is 0 Å². The van der Waals surface area contributed by atoms with Gasteiger partial charge in [-0.25, -0.2) is 0 Å². The Morgan fingerprint density at radius 3 is 2.45 bits per heavy atom. The molecule has 3 aromatic carbocycles. The molecule has 1 atom stereocenters. The first kappa shape index (κ1) is 22.6. The molecule has 1 heterocycles. The molecule has 0 bridgehead atoms. The third kappa shape index (κ3) is 4.77. The third-order valence-electron chi connectivity index (χ3n) is 6.64. The standard InChI is InChI=1S/C28H30N2O3/c1-20-8-7-11-21(16-20)24-12-5-3-10-23(24)18-28(27(29)32)14-15-30(19-28)26(31)17-22-9-4-6-13-25(22)33-2/h3-13,16H,14-15,17-19H2,1-2H3,(H2,29,32)/t28-/m1/s1. The average Bonchev–Trinajstić information content (AvgIpc) is 3.25. The fraction of sp³-hybridized carbons (Fsp3) is 0.286. The molecule has 0 aromatic heterocycles. The Bertz CT molecular complexity index is 1170. The second-order valence-electron chi connectivity index (χ2n) is 8.90. The molecule has 0 unspecified atom stereocenters. The van der Waals surface area contributed by atoms with Crippen LogP contribution in [0.15, 0.2) is 72.8 Å². The number of primary amides is 1. The van der Waals surface area contributed by atoms with Crippen LogP contribution in [0.25, 0.3) is 11.1 Å². The van der Waals surface area contributed by atoms with Crippen LogP contribution in [0, 0.1) is 12.3 Å². The minimum Gasteiger partial charge on any atom is -0.496 e. The van der Waals surface area contributed by atoms with E-state index >= 15 is 0 Å². The van der Waals surface area contributed by atoms with Gasteiger partial charge in [0.1, 0.15) is 5.75 Å². The van der Waals surface area contributed by atoms with E-state index in [1.165, 1.54) is 5.56 Å². The molecule has 0 spiro atoms. The Hall–Kier alpha value is -3.60. The highest BCUT2D eigenvalue weighted by atomic mass is 16.5. The molecule has 1 aliphatic heterocycles. The minimum atomic E-state index is -0.781. The van der Waals surface area contributed by atoms with Gasteiger partial charge in [-0.1, -0.05) is 72.3 Å². The number of hydrogen-bond acceptors (Lipinski definition) is 3. The summed E-state index contributed by atoms with van der Waals surface area (Å²) >= 11 is 0. The van der Waals surface area contributed by atoms with Gasteiger partial charge in [-0.05, 0) is 42.5 Å². The molecule has 2 amide bonds. The molecule has 33 heavy (non-hydrogen) atoms. The summed E-state index contributed by atoms with van der Waals surface area (Å²) in [6.45, 7) is 2.92. The van der Waals surface area contributed by atoms with Crippen LogP contribution >= 0.6 is 0 Å². The molecular formula is C28H30N2O3. The van der Waals surface area contributed by atoms with E-state index in [0.717, 1.165) is 22.3 Å². The monoisotopic (exact) mass is 442 g/mol. The fourth-order valence-electron chi connectivity index (χ4n) is 4.77. The van der Waals surface area contributed by atoms with Crippen LogP contribution in [0.2, 0.25) is 0 Å². The summed E-state index contributed by atoms with van der Waals surface area (Å²) < 4.78 is 5.39. The van der Waals surface area contributed by atoms with E-state index in [4.69, 9.17) is 10.5 Å². The number of benzene rings is 3. The molecule has 4 rings (SSSR count). The van der Waals surface area contributed by atoms with Gasteiger partial charge in [0.05, 0.1) is 18.9 Å². The molecule has 1 aliphatic rings. The van der Waals surface area contributed by atoms with Crippen molar-refractivity contribution < 1.29 is 14.3 Å². The maximum absolute atomic E-state index is 13.1. The minimum absolute atomic E-state index is 0.0189. The first-order valence-corrected chi connectivity index (χ1v) is 11.3. The van der Waals surface area contributed by atoms with E-state index in [-0.39, 0.29) is 18.2 Å². The number of amides is 2. The number of methoxy groups -OCH3 is 1. The number of carbonyl (C=O) groups excluding carboxylic acids is 2. The summed E-state index contributed by atoms with van der Waals surface area (Å²) in [7, 11) is 1.60. The zero-order valence-electron chi connectivity index (χ0n) is 19.2. The second kappa shape index (κ2) is 9.49. The highest BCUT2D eigenvalue weighted by molar-refractivity contribution is 5.86. The molecule has 0 saturated carbocycles. The topological polar surface area (TPSA) is 72.6 Å². The van der Waals surface area contributed by atoms with Gasteiger partial charge in [0.25, 0.3) is 0 Å². The van der Waals surface area contributed by atoms with Gasteiger partial charge in [0, 0.05) is 18.7 Å². The lowest BCUT2D eigenvalue weighted by molar-refractivity contribution is -0.131. The van der Waals surface area contributed by atoms with Crippen LogP contribution in [0.3, 0.4) is 0 Å². The summed E-state index contributed by atoms with van der Waals surface area (Å²) in [6, 6.07) is 24.0. The van der Waals surface area contributed by atoms with Crippen molar-refractivity contribution in [1.29, 1.82) is 0 Å². The van der Waals surface area contributed by atoms with Crippen LogP contribution < -0.4 is 10.5 Å². The third-order valence-corrected chi connectivity index (χ3v) is 6.64. The van der Waals surface area contributed by atoms with Crippen LogP contribution in [0.1, 0.15) is 23.1 Å². The Morgan fingerprint density at radius 1 is 1.00 bits per heavy atom. The Labute approximate surface area is 195 Å². The van der Waals surface area contributed by atoms with E-state index in [0.29, 0.717) is 31.7 Å². The smallest absolute Gasteiger partial charge is 0.227 e. The number of para-hydroxylation sites is 1. The van der Waals surface area contributed by atoms with Crippen molar-refractivity contribution in [2.75, 3.05) is 20.2 Å². The van der Waals surface area contributed by atoms with Gasteiger partial charge in [-0.15, -0.1) is 0 Å². The predicted octanol–water partition coefficient (Wildman–Crippen LogP) is 4.16. The summed E-state index contributed by atoms with van der Waals surface area (Å²) in [5.74, 6) is 0.321. The molecular weight excluding hydrogens is 412 g/mol. The number of likely N-dealkylation sites (tertiary alicyclic amines) is 1. The number of rotatable bonds is 7. The molecule has 2 N–H and O–H groups in total. The van der Waals surface area contributed by atoms with Crippen LogP contribution in [-0.2, 0) is 22.4 Å². The number of nitrogens with two attached hydrogens (primary N) is 1. The van der Waals surface area contributed by atoms with Crippen LogP contribution in [0.5, 0.6) is 5.75 Å². The Balaban J connectivity index is 1.56. The average molecular weight is 443 g/mol. The van der Waals surface area contributed by atoms with Crippen molar-refractivity contribution in [3.63, 3.8) is 0 Å². The van der Waals surface area contributed by atoms with Crippen molar-refractivity contribution in [3.05, 3.63) is 89.5 Å². The number of ether oxygens (including phenoxy) is 1. The molecule has 1 fully saturated rings. The first-order chi connectivity index (χ1) is 15.9. The summed E-state index contributed by atoms with van der Waals surface area (Å²) in [5, 5.41) is 0. The van der Waals surface area contributed by atoms with E-state index < -0.39 is 5.41 Å². The summed E-state index contributed by atoms with van der Waals surface area (Å²) in [4.78, 5) is 27.6. The lowest BCUT2D eigenvalue weighted by Gasteiger charge is -2.27. The normalized spacial score (nSPS) is 17.7. The molecule has 1 saturated heterocycles. The number of nitrogens with zero attached hydrogens (tertiary/aromatic N) is 1. The van der Waals surface area contributed by atoms with Gasteiger partial charge < -0.3 is 15.4 Å². The van der Waals surface area contributed by atoms with Crippen LogP contribution in [-0.4, -0.2) is 36.9 Å². The Kier molecular flexibility index (Phi) is 6.50. The van der Waals surface area contributed by atoms with E-state index in [9.17, 15) is 9.59 Å². The molecule has 3 aromatic rings. The fourth-order valence-corrected chi connectivity index (χ4v) is 4.77. The van der Waals surface area contributed by atoms with E-state index in [1.807, 2.05) is 42.5 Å². The first-order valence-electron chi connectivity index (χ1n) is 11.3. The number of hydrogen-bond donors (Lipinski definition) is 1. The van der Waals surface area contributed by atoms with Crippen molar-refractivity contribution in [3.8, 4) is 16.9 Å². The zero-order chi connectivity index (χ0) is 23.4. The molecule has 170 valence electrons. The molecule has 5 heteroatoms. The molecule has 0 aliphatic carbocycles. The van der Waals surface area contributed by atoms with Gasteiger partial charge in [-0.2, -0.15) is 0 Å². The van der Waals surface area contributed by atoms with Crippen molar-refractivity contribution in [2.45, 2.75) is 26.2 Å². The summed E-state index contributed by atoms with van der Waals surface area (Å²) in [5.41, 5.74) is 10.5. The summed E-state index contributed by atoms with van der Waals surface area (Å²) in [6.07, 6.45) is 1.30. The zero-order valence-corrected chi connectivity index (χ0v) is 19.2. The van der Waals surface area contributed by atoms with E-state index in [1.54, 1.807) is 12.0 Å². The highest BCUT2D eigenvalue weighted by Gasteiger charge is 2.45. The second-order valence-corrected chi connectivity index (χ2v) is 8.90. The number of carbonyl (C=O) groups is 2. The SMILES string of the molecule is COc1ccccc1CC(=O)N1CC[C@](Cc2ccccc2-c2cccc(C)c2)(C(N)=O)C1. The van der Waals surface area contributed by atoms with Gasteiger partial charge in [0.2, 0.25) is 11.8 Å². The largest absolute Gasteiger partial charge is 0.496 e. The maximum Gasteiger partial charge on any atom is 0.227 e. The number of aryl methyl sites for hydroxylation is 1. The van der Waals surface area contributed by atoms with Gasteiger partial charge >= 0.3 is 0 Å². The van der Waals surface area contributed by atoms with Gasteiger partial charge in [0.15, 0.2) is 0 Å². The van der Waals surface area contributed by atoms with Crippen molar-refractivity contribution in [2.24, 2.45) is 11.1 Å². The highest BCUT2D eigenvalue weighted by Crippen LogP contribution is 2.37. The van der Waals surface area contributed by atoms with E-state index in [2.05, 4.69) is 37.3 Å². The van der Waals surface area contributed by atoms with Gasteiger partial charge in [-0.3, -0.25) is 9.59 Å². The Morgan fingerprint density at radius 2 is 1.73 bits per heavy atom. The van der Waals surface area contributed by atoms with Crippen molar-refractivity contribution in [1.82, 2.24) is 4.90 Å². The maximum atomic E-state index is 13.1. The van der Waals surface area contributed by atoms with Crippen molar-refractivity contribution >= 4 is 11.8 Å². The lowest BCUT2D eigenvalue weighted by Crippen LogP contribution is -2.43. The predicted molar refractivity (Wildman–Crippen MR) is 130 cm³/mol. The quantitative estimate of drug-likeness (QED) is 0.597. The lowest BCUT2D eigenvalue weighted by atomic mass is 9.78. The molecule has 5 nitrogen and oxygen atoms in total. The molecule has 0 radical (unpaired) electrons.